The lowest BCUT2D eigenvalue weighted by Crippen LogP contribution is -2.40. The zero-order chi connectivity index (χ0) is 21.6. The van der Waals surface area contributed by atoms with Crippen LogP contribution in [0, 0.1) is 23.2 Å². The summed E-state index contributed by atoms with van der Waals surface area (Å²) in [6.45, 7) is 14.7. The van der Waals surface area contributed by atoms with Gasteiger partial charge in [0.2, 0.25) is 0 Å². The van der Waals surface area contributed by atoms with Gasteiger partial charge in [-0.25, -0.2) is 0 Å². The van der Waals surface area contributed by atoms with E-state index >= 15 is 0 Å². The van der Waals surface area contributed by atoms with Crippen LogP contribution in [-0.4, -0.2) is 49.7 Å². The third-order valence-electron chi connectivity index (χ3n) is 7.93. The van der Waals surface area contributed by atoms with Gasteiger partial charge >= 0.3 is 5.97 Å². The number of unbranched alkanes of at least 4 members (excludes halogenated alkanes) is 2. The Kier molecular flexibility index (Phi) is 8.82. The third-order valence-corrected chi connectivity index (χ3v) is 7.93. The minimum Gasteiger partial charge on any atom is -0.461 e. The molecular weight excluding hydrogens is 372 g/mol. The molecule has 5 atom stereocenters. The van der Waals surface area contributed by atoms with Crippen molar-refractivity contribution < 1.29 is 9.53 Å². The standard InChI is InChI=1S/C26H46N2O2/c1-5-7-14-28(15-8-6-2)16-10-13-27-19-22-21-17-23-20(3)11-9-12-26(23,4)18-24(21)30-25(22)29/h17,20-22,24,27H,5-16,18-19H2,1-4H3/t20-,21+,22+,24+,26+/m0/s1. The van der Waals surface area contributed by atoms with E-state index in [9.17, 15) is 4.79 Å². The molecule has 1 aliphatic heterocycles. The number of nitrogens with one attached hydrogen (secondary N) is 1. The Morgan fingerprint density at radius 3 is 2.57 bits per heavy atom. The van der Waals surface area contributed by atoms with Crippen molar-refractivity contribution >= 4 is 5.97 Å². The van der Waals surface area contributed by atoms with Crippen molar-refractivity contribution in [3.63, 3.8) is 0 Å². The van der Waals surface area contributed by atoms with Crippen molar-refractivity contribution in [3.8, 4) is 0 Å². The SMILES string of the molecule is CCCCN(CCCC)CCCNC[C@H]1C(=O)O[C@@H]2C[C@@]3(C)CCC[C@H](C)C3=C[C@@H]21. The van der Waals surface area contributed by atoms with Gasteiger partial charge in [0, 0.05) is 12.5 Å². The fourth-order valence-electron chi connectivity index (χ4n) is 6.07. The third kappa shape index (κ3) is 5.68. The summed E-state index contributed by atoms with van der Waals surface area (Å²) in [5.74, 6) is 0.958. The summed E-state index contributed by atoms with van der Waals surface area (Å²) in [6.07, 6.45) is 13.7. The lowest BCUT2D eigenvalue weighted by atomic mass is 9.59. The first-order chi connectivity index (χ1) is 14.5. The molecule has 0 radical (unpaired) electrons. The fraction of sp³-hybridized carbons (Fsp3) is 0.885. The van der Waals surface area contributed by atoms with Gasteiger partial charge in [-0.3, -0.25) is 4.79 Å². The first-order valence-electron chi connectivity index (χ1n) is 12.8. The molecule has 4 heteroatoms. The van der Waals surface area contributed by atoms with Gasteiger partial charge in [0.1, 0.15) is 6.10 Å². The molecule has 0 bridgehead atoms. The van der Waals surface area contributed by atoms with E-state index in [2.05, 4.69) is 44.0 Å². The quantitative estimate of drug-likeness (QED) is 0.269. The fourth-order valence-corrected chi connectivity index (χ4v) is 6.07. The highest BCUT2D eigenvalue weighted by Gasteiger charge is 2.51. The molecule has 30 heavy (non-hydrogen) atoms. The number of hydrogen-bond acceptors (Lipinski definition) is 4. The molecule has 1 saturated carbocycles. The minimum atomic E-state index is -0.00235. The summed E-state index contributed by atoms with van der Waals surface area (Å²) in [7, 11) is 0. The molecule has 0 amide bonds. The number of nitrogens with zero attached hydrogens (tertiary/aromatic N) is 1. The van der Waals surface area contributed by atoms with Crippen molar-refractivity contribution in [1.82, 2.24) is 10.2 Å². The van der Waals surface area contributed by atoms with E-state index in [1.54, 1.807) is 5.57 Å². The Morgan fingerprint density at radius 1 is 1.17 bits per heavy atom. The Bertz CT molecular complexity index is 582. The number of rotatable bonds is 12. The number of ether oxygens (including phenoxy) is 1. The smallest absolute Gasteiger partial charge is 0.311 e. The number of hydrogen-bond donors (Lipinski definition) is 1. The van der Waals surface area contributed by atoms with Crippen LogP contribution in [-0.2, 0) is 9.53 Å². The average molecular weight is 419 g/mol. The average Bonchev–Trinajstić information content (AvgIpc) is 3.01. The highest BCUT2D eigenvalue weighted by Crippen LogP contribution is 2.53. The van der Waals surface area contributed by atoms with E-state index in [0.717, 1.165) is 32.5 Å². The number of allylic oxidation sites excluding steroid dienone is 1. The van der Waals surface area contributed by atoms with Crippen molar-refractivity contribution in [2.24, 2.45) is 23.2 Å². The van der Waals surface area contributed by atoms with Crippen molar-refractivity contribution in [1.29, 1.82) is 0 Å². The van der Waals surface area contributed by atoms with E-state index in [1.165, 1.54) is 58.0 Å². The number of esters is 1. The summed E-state index contributed by atoms with van der Waals surface area (Å²) < 4.78 is 5.88. The molecule has 0 aromatic rings. The second-order valence-electron chi connectivity index (χ2n) is 10.4. The molecule has 0 spiro atoms. The molecule has 172 valence electrons. The summed E-state index contributed by atoms with van der Waals surface area (Å²) in [4.78, 5) is 15.3. The van der Waals surface area contributed by atoms with E-state index in [4.69, 9.17) is 4.74 Å². The Labute approximate surface area is 185 Å². The molecule has 1 heterocycles. The Balaban J connectivity index is 1.48. The molecule has 2 fully saturated rings. The summed E-state index contributed by atoms with van der Waals surface area (Å²) in [6, 6.07) is 0. The highest BCUT2D eigenvalue weighted by molar-refractivity contribution is 5.76. The van der Waals surface area contributed by atoms with Crippen LogP contribution in [0.1, 0.15) is 85.5 Å². The largest absolute Gasteiger partial charge is 0.461 e. The summed E-state index contributed by atoms with van der Waals surface area (Å²) >= 11 is 0. The second kappa shape index (κ2) is 11.1. The maximum Gasteiger partial charge on any atom is 0.311 e. The van der Waals surface area contributed by atoms with Gasteiger partial charge in [0.05, 0.1) is 5.92 Å². The van der Waals surface area contributed by atoms with Crippen LogP contribution in [0.3, 0.4) is 0 Å². The molecule has 1 saturated heterocycles. The van der Waals surface area contributed by atoms with Crippen molar-refractivity contribution in [3.05, 3.63) is 11.6 Å². The summed E-state index contributed by atoms with van der Waals surface area (Å²) in [5, 5.41) is 3.59. The van der Waals surface area contributed by atoms with Crippen LogP contribution in [0.5, 0.6) is 0 Å². The normalized spacial score (nSPS) is 33.2. The monoisotopic (exact) mass is 418 g/mol. The van der Waals surface area contributed by atoms with Crippen LogP contribution in [0.4, 0.5) is 0 Å². The van der Waals surface area contributed by atoms with Gasteiger partial charge < -0.3 is 15.0 Å². The van der Waals surface area contributed by atoms with Crippen LogP contribution in [0.2, 0.25) is 0 Å². The van der Waals surface area contributed by atoms with Gasteiger partial charge in [0.25, 0.3) is 0 Å². The van der Waals surface area contributed by atoms with E-state index in [1.807, 2.05) is 0 Å². The van der Waals surface area contributed by atoms with Gasteiger partial charge in [-0.1, -0.05) is 58.6 Å². The van der Waals surface area contributed by atoms with E-state index in [-0.39, 0.29) is 29.3 Å². The number of fused-ring (bicyclic) bond motifs is 2. The lowest BCUT2D eigenvalue weighted by Gasteiger charge is -2.46. The van der Waals surface area contributed by atoms with Gasteiger partial charge in [-0.05, 0) is 76.0 Å². The Morgan fingerprint density at radius 2 is 1.87 bits per heavy atom. The molecule has 4 nitrogen and oxygen atoms in total. The maximum absolute atomic E-state index is 12.6. The molecule has 0 unspecified atom stereocenters. The number of carbonyl (C=O) groups excluding carboxylic acids is 1. The zero-order valence-electron chi connectivity index (χ0n) is 20.0. The van der Waals surface area contributed by atoms with Gasteiger partial charge in [0.15, 0.2) is 0 Å². The predicted molar refractivity (Wildman–Crippen MR) is 124 cm³/mol. The highest BCUT2D eigenvalue weighted by atomic mass is 16.6. The van der Waals surface area contributed by atoms with Crippen molar-refractivity contribution in [2.45, 2.75) is 91.6 Å². The number of carbonyl (C=O) groups is 1. The maximum atomic E-state index is 12.6. The van der Waals surface area contributed by atoms with Crippen LogP contribution in [0.15, 0.2) is 11.6 Å². The van der Waals surface area contributed by atoms with Gasteiger partial charge in [-0.15, -0.1) is 0 Å². The topological polar surface area (TPSA) is 41.6 Å². The Hall–Kier alpha value is -0.870. The van der Waals surface area contributed by atoms with Crippen LogP contribution in [0.25, 0.3) is 0 Å². The van der Waals surface area contributed by atoms with E-state index < -0.39 is 0 Å². The molecule has 0 aromatic heterocycles. The lowest BCUT2D eigenvalue weighted by molar-refractivity contribution is -0.145. The second-order valence-corrected chi connectivity index (χ2v) is 10.4. The van der Waals surface area contributed by atoms with Crippen LogP contribution < -0.4 is 5.32 Å². The first kappa shape index (κ1) is 23.8. The minimum absolute atomic E-state index is 0.00235. The van der Waals surface area contributed by atoms with Gasteiger partial charge in [-0.2, -0.15) is 0 Å². The van der Waals surface area contributed by atoms with E-state index in [0.29, 0.717) is 5.92 Å². The molecule has 0 aromatic carbocycles. The molecular formula is C26H46N2O2. The molecule has 3 rings (SSSR count). The van der Waals surface area contributed by atoms with Crippen molar-refractivity contribution in [2.75, 3.05) is 32.7 Å². The molecule has 1 N–H and O–H groups in total. The molecule has 2 aliphatic carbocycles. The van der Waals surface area contributed by atoms with Crippen LogP contribution >= 0.6 is 0 Å². The zero-order valence-corrected chi connectivity index (χ0v) is 20.0. The summed E-state index contributed by atoms with van der Waals surface area (Å²) in [5.41, 5.74) is 1.86. The predicted octanol–water partition coefficient (Wildman–Crippen LogP) is 5.18. The first-order valence-corrected chi connectivity index (χ1v) is 12.8. The molecule has 3 aliphatic rings.